The Kier molecular flexibility index (Phi) is 22.1. The molecule has 0 fully saturated rings. The summed E-state index contributed by atoms with van der Waals surface area (Å²) in [6, 6.07) is -0.716. The molecule has 1 unspecified atom stereocenters. The summed E-state index contributed by atoms with van der Waals surface area (Å²) in [5.41, 5.74) is 10.4. The molecular weight excluding hydrogens is 355 g/mol. The van der Waals surface area contributed by atoms with Crippen molar-refractivity contribution >= 4 is 13.2 Å². The summed E-state index contributed by atoms with van der Waals surface area (Å²) in [5.74, 6) is -0.933. The second-order valence-electron chi connectivity index (χ2n) is 8.14. The quantitative estimate of drug-likeness (QED) is 0.221. The van der Waals surface area contributed by atoms with Gasteiger partial charge in [-0.05, 0) is 19.4 Å². The average molecular weight is 407 g/mol. The molecule has 166 valence electrons. The van der Waals surface area contributed by atoms with Crippen molar-refractivity contribution in [2.75, 3.05) is 31.2 Å². The van der Waals surface area contributed by atoms with Gasteiger partial charge in [0.1, 0.15) is 6.04 Å². The molecule has 5 N–H and O–H groups in total. The van der Waals surface area contributed by atoms with Crippen LogP contribution in [0.15, 0.2) is 0 Å². The monoisotopic (exact) mass is 406 g/mol. The number of rotatable bonds is 17. The molecule has 0 amide bonds. The molecule has 0 rings (SSSR count). The molecule has 0 saturated carbocycles. The Morgan fingerprint density at radius 3 is 1.41 bits per heavy atom. The Morgan fingerprint density at radius 1 is 0.778 bits per heavy atom. The maximum Gasteiger partial charge on any atom is 0.320 e. The average Bonchev–Trinajstić information content (AvgIpc) is 2.67. The molecule has 0 aliphatic rings. The van der Waals surface area contributed by atoms with E-state index in [2.05, 4.69) is 27.7 Å². The van der Waals surface area contributed by atoms with Crippen molar-refractivity contribution in [3.63, 3.8) is 0 Å². The Hall–Kier alpha value is -0.180. The van der Waals surface area contributed by atoms with Crippen molar-refractivity contribution in [2.45, 2.75) is 104 Å². The molecule has 0 saturated heterocycles. The van der Waals surface area contributed by atoms with E-state index in [4.69, 9.17) is 16.6 Å². The third-order valence-corrected chi connectivity index (χ3v) is 11.2. The zero-order valence-corrected chi connectivity index (χ0v) is 19.9. The van der Waals surface area contributed by atoms with E-state index in [1.165, 1.54) is 51.4 Å². The van der Waals surface area contributed by atoms with Gasteiger partial charge < -0.3 is 16.6 Å². The molecule has 0 aromatic carbocycles. The van der Waals surface area contributed by atoms with Crippen LogP contribution in [0.1, 0.15) is 98.3 Å². The van der Waals surface area contributed by atoms with Crippen LogP contribution in [-0.4, -0.2) is 48.3 Å². The van der Waals surface area contributed by atoms with E-state index in [0.717, 1.165) is 12.8 Å². The van der Waals surface area contributed by atoms with Crippen molar-refractivity contribution in [2.24, 2.45) is 11.5 Å². The fourth-order valence-electron chi connectivity index (χ4n) is 3.59. The fraction of sp³-hybridized carbons (Fsp3) is 0.955. The van der Waals surface area contributed by atoms with Gasteiger partial charge in [-0.1, -0.05) is 6.42 Å². The smallest absolute Gasteiger partial charge is 0.320 e. The van der Waals surface area contributed by atoms with Gasteiger partial charge in [0.15, 0.2) is 0 Å². The Bertz CT molecular complexity index is 290. The molecule has 0 aromatic rings. The summed E-state index contributed by atoms with van der Waals surface area (Å²) in [4.78, 5) is 10.1. The van der Waals surface area contributed by atoms with Gasteiger partial charge in [-0.3, -0.25) is 4.79 Å². The molecule has 0 bridgehead atoms. The predicted molar refractivity (Wildman–Crippen MR) is 126 cm³/mol. The number of aliphatic carboxylic acids is 1. The molecule has 0 aliphatic heterocycles. The number of hydrogen-bond acceptors (Lipinski definition) is 3. The second kappa shape index (κ2) is 20.6. The van der Waals surface area contributed by atoms with E-state index in [1.807, 2.05) is 0 Å². The molecule has 5 heteroatoms. The number of carboxylic acid groups (broad SMARTS) is 1. The summed E-state index contributed by atoms with van der Waals surface area (Å²) >= 11 is 0. The number of nitrogens with two attached hydrogens (primary N) is 2. The van der Waals surface area contributed by atoms with Crippen LogP contribution in [0.4, 0.5) is 0 Å². The molecule has 0 spiro atoms. The molecule has 0 aliphatic carbocycles. The topological polar surface area (TPSA) is 89.3 Å². The largest absolute Gasteiger partial charge is 0.480 e. The normalized spacial score (nSPS) is 13.0. The first kappa shape index (κ1) is 29.0. The Morgan fingerprint density at radius 2 is 1.15 bits per heavy atom. The van der Waals surface area contributed by atoms with Gasteiger partial charge in [0.25, 0.3) is 0 Å². The van der Waals surface area contributed by atoms with Gasteiger partial charge in [-0.2, -0.15) is 0 Å². The first-order valence-corrected chi connectivity index (χ1v) is 14.4. The minimum atomic E-state index is -0.933. The number of unbranched alkanes of at least 4 members (excludes halogenated alkanes) is 5. The summed E-state index contributed by atoms with van der Waals surface area (Å²) in [6.45, 7) is 10.0. The summed E-state index contributed by atoms with van der Waals surface area (Å²) in [6.07, 6.45) is 20.3. The third-order valence-electron chi connectivity index (χ3n) is 5.53. The van der Waals surface area contributed by atoms with Gasteiger partial charge in [0.2, 0.25) is 0 Å². The minimum Gasteiger partial charge on any atom is -0.480 e. The molecule has 0 heterocycles. The minimum absolute atomic E-state index is 0.520. The van der Waals surface area contributed by atoms with Crippen LogP contribution in [0.3, 0.4) is 0 Å². The van der Waals surface area contributed by atoms with Crippen molar-refractivity contribution < 1.29 is 9.90 Å². The maximum atomic E-state index is 10.1. The SMILES string of the molecule is CCCC[PH](CCCC)(CCCC)CCCC.NCCCCC(N)C(=O)O. The van der Waals surface area contributed by atoms with Crippen LogP contribution in [0, 0.1) is 0 Å². The predicted octanol–water partition coefficient (Wildman–Crippen LogP) is 5.46. The number of hydrogen-bond donors (Lipinski definition) is 3. The molecule has 0 aromatic heterocycles. The maximum absolute atomic E-state index is 10.1. The molecule has 0 radical (unpaired) electrons. The van der Waals surface area contributed by atoms with Crippen LogP contribution in [0.25, 0.3) is 0 Å². The molecule has 4 nitrogen and oxygen atoms in total. The number of carboxylic acids is 1. The second-order valence-corrected chi connectivity index (χ2v) is 13.1. The van der Waals surface area contributed by atoms with Gasteiger partial charge >= 0.3 is 117 Å². The van der Waals surface area contributed by atoms with Crippen LogP contribution in [0.5, 0.6) is 0 Å². The van der Waals surface area contributed by atoms with Crippen LogP contribution < -0.4 is 11.5 Å². The standard InChI is InChI=1S/C16H37P.C6H14N2O2/c1-5-9-13-17(14-10-6-2,15-11-7-3)16-12-8-4;7-4-2-1-3-5(8)6(9)10/h17H,5-16H2,1-4H3;5H,1-4,7-8H2,(H,9,10). The van der Waals surface area contributed by atoms with Crippen molar-refractivity contribution in [3.05, 3.63) is 0 Å². The Balaban J connectivity index is 0. The van der Waals surface area contributed by atoms with E-state index in [-0.39, 0.29) is 0 Å². The fourth-order valence-corrected chi connectivity index (χ4v) is 9.50. The van der Waals surface area contributed by atoms with E-state index in [0.29, 0.717) is 13.0 Å². The van der Waals surface area contributed by atoms with Crippen LogP contribution >= 0.6 is 7.26 Å². The van der Waals surface area contributed by atoms with Crippen molar-refractivity contribution in [3.8, 4) is 0 Å². The first-order chi connectivity index (χ1) is 12.9. The van der Waals surface area contributed by atoms with Crippen LogP contribution in [-0.2, 0) is 4.79 Å². The van der Waals surface area contributed by atoms with E-state index in [1.54, 1.807) is 24.6 Å². The van der Waals surface area contributed by atoms with Gasteiger partial charge in [0, 0.05) is 0 Å². The summed E-state index contributed by atoms with van der Waals surface area (Å²) in [7, 11) is -0.879. The van der Waals surface area contributed by atoms with E-state index in [9.17, 15) is 4.79 Å². The molecule has 1 atom stereocenters. The Labute approximate surface area is 170 Å². The first-order valence-electron chi connectivity index (χ1n) is 11.6. The molecular formula is C22H51N2O2P. The summed E-state index contributed by atoms with van der Waals surface area (Å²) in [5, 5.41) is 8.33. The van der Waals surface area contributed by atoms with Crippen molar-refractivity contribution in [1.29, 1.82) is 0 Å². The molecule has 27 heavy (non-hydrogen) atoms. The zero-order chi connectivity index (χ0) is 21.0. The van der Waals surface area contributed by atoms with Gasteiger partial charge in [0.05, 0.1) is 0 Å². The number of carbonyl (C=O) groups is 1. The van der Waals surface area contributed by atoms with Gasteiger partial charge in [-0.15, -0.1) is 0 Å². The van der Waals surface area contributed by atoms with Gasteiger partial charge in [-0.25, -0.2) is 0 Å². The third kappa shape index (κ3) is 17.6. The zero-order valence-electron chi connectivity index (χ0n) is 18.9. The summed E-state index contributed by atoms with van der Waals surface area (Å²) < 4.78 is 0. The van der Waals surface area contributed by atoms with Crippen LogP contribution in [0.2, 0.25) is 0 Å². The van der Waals surface area contributed by atoms with Crippen molar-refractivity contribution in [1.82, 2.24) is 0 Å². The van der Waals surface area contributed by atoms with E-state index >= 15 is 0 Å². The van der Waals surface area contributed by atoms with E-state index < -0.39 is 19.3 Å².